The summed E-state index contributed by atoms with van der Waals surface area (Å²) in [6, 6.07) is 0. The lowest BCUT2D eigenvalue weighted by Gasteiger charge is -2.60. The van der Waals surface area contributed by atoms with Crippen LogP contribution in [0.4, 0.5) is 4.39 Å². The first-order valence-electron chi connectivity index (χ1n) is 9.00. The Labute approximate surface area is 142 Å². The third kappa shape index (κ3) is 1.66. The van der Waals surface area contributed by atoms with E-state index in [2.05, 4.69) is 0 Å². The van der Waals surface area contributed by atoms with Gasteiger partial charge in [-0.1, -0.05) is 25.5 Å². The smallest absolute Gasteiger partial charge is 0.178 e. The van der Waals surface area contributed by atoms with Crippen molar-refractivity contribution in [2.75, 3.05) is 0 Å². The zero-order valence-corrected chi connectivity index (χ0v) is 14.5. The molecule has 24 heavy (non-hydrogen) atoms. The molecule has 4 aliphatic carbocycles. The number of hydrogen-bond donors (Lipinski definition) is 1. The molecule has 0 radical (unpaired) electrons. The Kier molecular flexibility index (Phi) is 3.14. The van der Waals surface area contributed by atoms with Crippen molar-refractivity contribution in [2.45, 2.75) is 58.2 Å². The summed E-state index contributed by atoms with van der Waals surface area (Å²) in [7, 11) is 0. The topological polar surface area (TPSA) is 54.4 Å². The minimum Gasteiger partial charge on any atom is -0.390 e. The molecule has 4 heteroatoms. The van der Waals surface area contributed by atoms with Gasteiger partial charge >= 0.3 is 0 Å². The van der Waals surface area contributed by atoms with Crippen LogP contribution in [0, 0.1) is 28.6 Å². The zero-order chi connectivity index (χ0) is 17.5. The number of rotatable bonds is 0. The van der Waals surface area contributed by atoms with E-state index in [4.69, 9.17) is 0 Å². The Morgan fingerprint density at radius 2 is 1.96 bits per heavy atom. The third-order valence-corrected chi connectivity index (χ3v) is 7.65. The number of fused-ring (bicyclic) bond motifs is 5. The second kappa shape index (κ2) is 4.66. The van der Waals surface area contributed by atoms with Crippen molar-refractivity contribution in [3.05, 3.63) is 23.8 Å². The molecule has 4 aliphatic rings. The fourth-order valence-corrected chi connectivity index (χ4v) is 6.33. The molecule has 3 saturated carbocycles. The lowest BCUT2D eigenvalue weighted by molar-refractivity contribution is -0.190. The first-order valence-corrected chi connectivity index (χ1v) is 9.00. The van der Waals surface area contributed by atoms with Crippen LogP contribution in [0.2, 0.25) is 0 Å². The Balaban J connectivity index is 1.84. The number of alkyl halides is 1. The summed E-state index contributed by atoms with van der Waals surface area (Å²) in [5.74, 6) is -0.375. The van der Waals surface area contributed by atoms with Gasteiger partial charge in [-0.05, 0) is 50.7 Å². The van der Waals surface area contributed by atoms with Gasteiger partial charge in [-0.15, -0.1) is 0 Å². The SMILES string of the molecule is C[C@@H]1C[C@H]2[C@@H]3CCC4=CC(=O)C=C[C@]4(C)[C@@]3(F)[C@@H](O)C[C@]2(C)C1=O. The normalized spacial score (nSPS) is 53.3. The Morgan fingerprint density at radius 1 is 1.25 bits per heavy atom. The van der Waals surface area contributed by atoms with Gasteiger partial charge in [-0.3, -0.25) is 9.59 Å². The first-order chi connectivity index (χ1) is 11.1. The van der Waals surface area contributed by atoms with E-state index in [9.17, 15) is 14.7 Å². The molecule has 0 bridgehead atoms. The number of ketones is 2. The van der Waals surface area contributed by atoms with Gasteiger partial charge in [-0.25, -0.2) is 4.39 Å². The summed E-state index contributed by atoms with van der Waals surface area (Å²) in [6.07, 6.45) is 5.57. The molecule has 3 nitrogen and oxygen atoms in total. The second-order valence-corrected chi connectivity index (χ2v) is 8.77. The first kappa shape index (κ1) is 16.2. The number of allylic oxidation sites excluding steroid dienone is 4. The van der Waals surface area contributed by atoms with Gasteiger partial charge < -0.3 is 5.11 Å². The van der Waals surface area contributed by atoms with Crippen LogP contribution in [-0.2, 0) is 9.59 Å². The predicted octanol–water partition coefficient (Wildman–Crippen LogP) is 3.17. The quantitative estimate of drug-likeness (QED) is 0.741. The second-order valence-electron chi connectivity index (χ2n) is 8.77. The molecule has 0 aromatic heterocycles. The monoisotopic (exact) mass is 332 g/mol. The van der Waals surface area contributed by atoms with Crippen LogP contribution >= 0.6 is 0 Å². The average Bonchev–Trinajstić information content (AvgIpc) is 2.74. The van der Waals surface area contributed by atoms with Crippen LogP contribution in [0.3, 0.4) is 0 Å². The molecule has 0 aliphatic heterocycles. The maximum atomic E-state index is 16.6. The van der Waals surface area contributed by atoms with Crippen LogP contribution in [-0.4, -0.2) is 28.4 Å². The number of aliphatic hydroxyl groups excluding tert-OH is 1. The fourth-order valence-electron chi connectivity index (χ4n) is 6.33. The molecule has 3 fully saturated rings. The molecule has 130 valence electrons. The number of hydrogen-bond acceptors (Lipinski definition) is 3. The minimum atomic E-state index is -1.82. The third-order valence-electron chi connectivity index (χ3n) is 7.65. The van der Waals surface area contributed by atoms with Gasteiger partial charge in [0.05, 0.1) is 6.10 Å². The highest BCUT2D eigenvalue weighted by molar-refractivity contribution is 6.01. The molecule has 0 saturated heterocycles. The Bertz CT molecular complexity index is 695. The molecule has 0 heterocycles. The summed E-state index contributed by atoms with van der Waals surface area (Å²) in [4.78, 5) is 24.4. The van der Waals surface area contributed by atoms with Crippen molar-refractivity contribution in [3.63, 3.8) is 0 Å². The van der Waals surface area contributed by atoms with Crippen LogP contribution in [0.5, 0.6) is 0 Å². The lowest BCUT2D eigenvalue weighted by atomic mass is 9.46. The summed E-state index contributed by atoms with van der Waals surface area (Å²) < 4.78 is 16.6. The van der Waals surface area contributed by atoms with Crippen molar-refractivity contribution in [2.24, 2.45) is 28.6 Å². The van der Waals surface area contributed by atoms with E-state index in [0.29, 0.717) is 19.3 Å². The molecular formula is C20H25FO3. The maximum Gasteiger partial charge on any atom is 0.178 e. The van der Waals surface area contributed by atoms with Gasteiger partial charge in [0.25, 0.3) is 0 Å². The molecule has 0 spiro atoms. The van der Waals surface area contributed by atoms with Crippen LogP contribution < -0.4 is 0 Å². The molecule has 0 unspecified atom stereocenters. The van der Waals surface area contributed by atoms with Gasteiger partial charge in [0.1, 0.15) is 5.78 Å². The molecule has 4 rings (SSSR count). The van der Waals surface area contributed by atoms with E-state index >= 15 is 4.39 Å². The highest BCUT2D eigenvalue weighted by atomic mass is 19.1. The van der Waals surface area contributed by atoms with E-state index < -0.39 is 22.6 Å². The van der Waals surface area contributed by atoms with E-state index in [1.165, 1.54) is 6.08 Å². The van der Waals surface area contributed by atoms with Gasteiger partial charge in [0, 0.05) is 22.7 Å². The molecular weight excluding hydrogens is 307 g/mol. The summed E-state index contributed by atoms with van der Waals surface area (Å²) >= 11 is 0. The highest BCUT2D eigenvalue weighted by Crippen LogP contribution is 2.67. The molecule has 0 amide bonds. The van der Waals surface area contributed by atoms with Crippen molar-refractivity contribution in [3.8, 4) is 0 Å². The molecule has 7 atom stereocenters. The van der Waals surface area contributed by atoms with Gasteiger partial charge in [0.15, 0.2) is 11.5 Å². The summed E-state index contributed by atoms with van der Waals surface area (Å²) in [6.45, 7) is 5.65. The molecule has 0 aromatic carbocycles. The number of carbonyl (C=O) groups is 2. The number of aliphatic hydroxyl groups is 1. The summed E-state index contributed by atoms with van der Waals surface area (Å²) in [5.41, 5.74) is -2.61. The molecule has 1 N–H and O–H groups in total. The number of carbonyl (C=O) groups excluding carboxylic acids is 2. The lowest BCUT2D eigenvalue weighted by Crippen LogP contribution is -2.66. The number of Topliss-reactive ketones (excluding diaryl/α,β-unsaturated/α-hetero) is 1. The standard InChI is InChI=1S/C20H25FO3/c1-11-8-15-14-5-4-12-9-13(22)6-7-19(12,3)20(14,21)16(23)10-18(15,2)17(11)24/h6-7,9,11,14-16,23H,4-5,8,10H2,1-3H3/t11-,14+,15+,16+,18+,19+,20+/m1/s1. The predicted molar refractivity (Wildman–Crippen MR) is 87.9 cm³/mol. The Morgan fingerprint density at radius 3 is 2.67 bits per heavy atom. The van der Waals surface area contributed by atoms with Crippen molar-refractivity contribution >= 4 is 11.6 Å². The number of halogens is 1. The van der Waals surface area contributed by atoms with Crippen LogP contribution in [0.1, 0.15) is 46.5 Å². The van der Waals surface area contributed by atoms with E-state index in [0.717, 1.165) is 5.57 Å². The van der Waals surface area contributed by atoms with Crippen molar-refractivity contribution in [1.29, 1.82) is 0 Å². The van der Waals surface area contributed by atoms with Crippen LogP contribution in [0.15, 0.2) is 23.8 Å². The van der Waals surface area contributed by atoms with E-state index in [1.807, 2.05) is 13.8 Å². The van der Waals surface area contributed by atoms with Crippen molar-refractivity contribution < 1.29 is 19.1 Å². The summed E-state index contributed by atoms with van der Waals surface area (Å²) in [5, 5.41) is 10.9. The fraction of sp³-hybridized carbons (Fsp3) is 0.700. The van der Waals surface area contributed by atoms with E-state index in [1.54, 1.807) is 19.1 Å². The average molecular weight is 332 g/mol. The Hall–Kier alpha value is -1.29. The van der Waals surface area contributed by atoms with Gasteiger partial charge in [-0.2, -0.15) is 0 Å². The molecule has 0 aromatic rings. The highest BCUT2D eigenvalue weighted by Gasteiger charge is 2.71. The van der Waals surface area contributed by atoms with E-state index in [-0.39, 0.29) is 35.7 Å². The maximum absolute atomic E-state index is 16.6. The van der Waals surface area contributed by atoms with Crippen molar-refractivity contribution in [1.82, 2.24) is 0 Å². The van der Waals surface area contributed by atoms with Gasteiger partial charge in [0.2, 0.25) is 0 Å². The van der Waals surface area contributed by atoms with Crippen LogP contribution in [0.25, 0.3) is 0 Å². The minimum absolute atomic E-state index is 0.0298. The zero-order valence-electron chi connectivity index (χ0n) is 14.5. The largest absolute Gasteiger partial charge is 0.390 e.